The van der Waals surface area contributed by atoms with Crippen LogP contribution in [0, 0.1) is 6.92 Å². The molecule has 0 saturated carbocycles. The molecule has 1 aliphatic rings. The predicted molar refractivity (Wildman–Crippen MR) is 73.7 cm³/mol. The van der Waals surface area contributed by atoms with Crippen LogP contribution in [0.4, 0.5) is 5.69 Å². The number of nitrogens with two attached hydrogens (primary N) is 1. The molecule has 1 aromatic carbocycles. The monoisotopic (exact) mass is 270 g/mol. The molecule has 1 saturated heterocycles. The Kier molecular flexibility index (Phi) is 4.32. The van der Waals surface area contributed by atoms with Gasteiger partial charge in [0, 0.05) is 30.7 Å². The lowest BCUT2D eigenvalue weighted by Crippen LogP contribution is -2.45. The minimum absolute atomic E-state index is 0.0828. The molecule has 0 aliphatic carbocycles. The van der Waals surface area contributed by atoms with Crippen LogP contribution >= 0.6 is 11.6 Å². The highest BCUT2D eigenvalue weighted by Gasteiger charge is 2.22. The SMILES string of the molecule is COc1cc(Cl)c(C)cc1N1CCOC(CN)C1. The van der Waals surface area contributed by atoms with Gasteiger partial charge >= 0.3 is 0 Å². The number of rotatable bonds is 3. The van der Waals surface area contributed by atoms with Crippen molar-refractivity contribution < 1.29 is 9.47 Å². The van der Waals surface area contributed by atoms with Gasteiger partial charge < -0.3 is 20.1 Å². The zero-order chi connectivity index (χ0) is 13.1. The highest BCUT2D eigenvalue weighted by molar-refractivity contribution is 6.31. The zero-order valence-corrected chi connectivity index (χ0v) is 11.5. The van der Waals surface area contributed by atoms with Crippen LogP contribution in [0.2, 0.25) is 5.02 Å². The quantitative estimate of drug-likeness (QED) is 0.910. The Hall–Kier alpha value is -0.970. The minimum Gasteiger partial charge on any atom is -0.495 e. The first-order chi connectivity index (χ1) is 8.65. The van der Waals surface area contributed by atoms with E-state index >= 15 is 0 Å². The smallest absolute Gasteiger partial charge is 0.143 e. The lowest BCUT2D eigenvalue weighted by atomic mass is 10.1. The third-order valence-electron chi connectivity index (χ3n) is 3.20. The summed E-state index contributed by atoms with van der Waals surface area (Å²) in [5.41, 5.74) is 7.77. The zero-order valence-electron chi connectivity index (χ0n) is 10.8. The van der Waals surface area contributed by atoms with Crippen LogP contribution in [-0.2, 0) is 4.74 Å². The van der Waals surface area contributed by atoms with E-state index in [1.54, 1.807) is 7.11 Å². The number of morpholine rings is 1. The summed E-state index contributed by atoms with van der Waals surface area (Å²) < 4.78 is 11.0. The van der Waals surface area contributed by atoms with Gasteiger partial charge in [-0.15, -0.1) is 0 Å². The molecule has 0 bridgehead atoms. The molecule has 1 fully saturated rings. The Bertz CT molecular complexity index is 426. The van der Waals surface area contributed by atoms with Crippen molar-refractivity contribution in [2.75, 3.05) is 38.3 Å². The van der Waals surface area contributed by atoms with Crippen molar-refractivity contribution in [1.82, 2.24) is 0 Å². The van der Waals surface area contributed by atoms with Gasteiger partial charge in [0.05, 0.1) is 25.5 Å². The normalized spacial score (nSPS) is 20.0. The topological polar surface area (TPSA) is 47.7 Å². The van der Waals surface area contributed by atoms with Crippen molar-refractivity contribution in [2.45, 2.75) is 13.0 Å². The molecule has 1 unspecified atom stereocenters. The maximum atomic E-state index is 6.12. The molecule has 0 radical (unpaired) electrons. The number of aryl methyl sites for hydroxylation is 1. The maximum absolute atomic E-state index is 6.12. The van der Waals surface area contributed by atoms with Crippen LogP contribution in [0.1, 0.15) is 5.56 Å². The Morgan fingerprint density at radius 1 is 1.56 bits per heavy atom. The van der Waals surface area contributed by atoms with Crippen molar-refractivity contribution in [3.05, 3.63) is 22.7 Å². The van der Waals surface area contributed by atoms with Gasteiger partial charge in [0.15, 0.2) is 0 Å². The van der Waals surface area contributed by atoms with Gasteiger partial charge in [0.1, 0.15) is 5.75 Å². The van der Waals surface area contributed by atoms with E-state index in [9.17, 15) is 0 Å². The second kappa shape index (κ2) is 5.78. The van der Waals surface area contributed by atoms with E-state index in [4.69, 9.17) is 26.8 Å². The highest BCUT2D eigenvalue weighted by Crippen LogP contribution is 2.34. The summed E-state index contributed by atoms with van der Waals surface area (Å²) >= 11 is 6.12. The van der Waals surface area contributed by atoms with Crippen LogP contribution in [0.5, 0.6) is 5.75 Å². The van der Waals surface area contributed by atoms with Crippen LogP contribution < -0.4 is 15.4 Å². The molecule has 100 valence electrons. The van der Waals surface area contributed by atoms with E-state index in [0.717, 1.165) is 35.1 Å². The largest absolute Gasteiger partial charge is 0.495 e. The van der Waals surface area contributed by atoms with E-state index in [2.05, 4.69) is 11.0 Å². The summed E-state index contributed by atoms with van der Waals surface area (Å²) in [4.78, 5) is 2.24. The minimum atomic E-state index is 0.0828. The Morgan fingerprint density at radius 2 is 2.33 bits per heavy atom. The van der Waals surface area contributed by atoms with Crippen LogP contribution in [-0.4, -0.2) is 39.5 Å². The fourth-order valence-electron chi connectivity index (χ4n) is 2.14. The lowest BCUT2D eigenvalue weighted by Gasteiger charge is -2.35. The average molecular weight is 271 g/mol. The number of methoxy groups -OCH3 is 1. The van der Waals surface area contributed by atoms with E-state index in [1.807, 2.05) is 13.0 Å². The number of nitrogens with zero attached hydrogens (tertiary/aromatic N) is 1. The van der Waals surface area contributed by atoms with E-state index in [0.29, 0.717) is 13.2 Å². The third kappa shape index (κ3) is 2.71. The van der Waals surface area contributed by atoms with E-state index < -0.39 is 0 Å². The number of anilines is 1. The molecule has 5 heteroatoms. The van der Waals surface area contributed by atoms with Crippen molar-refractivity contribution >= 4 is 17.3 Å². The number of halogens is 1. The standard InChI is InChI=1S/C13H19ClN2O2/c1-9-5-12(13(17-2)6-11(9)14)16-3-4-18-10(7-15)8-16/h5-6,10H,3-4,7-8,15H2,1-2H3. The summed E-state index contributed by atoms with van der Waals surface area (Å²) in [7, 11) is 1.66. The molecule has 0 spiro atoms. The highest BCUT2D eigenvalue weighted by atomic mass is 35.5. The van der Waals surface area contributed by atoms with Gasteiger partial charge in [-0.1, -0.05) is 11.6 Å². The van der Waals surface area contributed by atoms with Gasteiger partial charge in [-0.05, 0) is 18.6 Å². The van der Waals surface area contributed by atoms with Crippen molar-refractivity contribution in [2.24, 2.45) is 5.73 Å². The Labute approximate surface area is 113 Å². The second-order valence-electron chi connectivity index (χ2n) is 4.45. The number of hydrogen-bond acceptors (Lipinski definition) is 4. The molecule has 2 N–H and O–H groups in total. The number of benzene rings is 1. The molecule has 1 atom stereocenters. The summed E-state index contributed by atoms with van der Waals surface area (Å²) in [5, 5.41) is 0.722. The van der Waals surface area contributed by atoms with Crippen LogP contribution in [0.15, 0.2) is 12.1 Å². The lowest BCUT2D eigenvalue weighted by molar-refractivity contribution is 0.0464. The molecular weight excluding hydrogens is 252 g/mol. The summed E-state index contributed by atoms with van der Waals surface area (Å²) in [6.45, 7) is 4.84. The predicted octanol–water partition coefficient (Wildman–Crippen LogP) is 1.82. The van der Waals surface area contributed by atoms with Gasteiger partial charge in [0.25, 0.3) is 0 Å². The fraction of sp³-hybridized carbons (Fsp3) is 0.538. The van der Waals surface area contributed by atoms with Gasteiger partial charge in [-0.25, -0.2) is 0 Å². The fourth-order valence-corrected chi connectivity index (χ4v) is 2.29. The molecular formula is C13H19ClN2O2. The Balaban J connectivity index is 2.28. The molecule has 1 aromatic rings. The first-order valence-electron chi connectivity index (χ1n) is 6.06. The van der Waals surface area contributed by atoms with Crippen molar-refractivity contribution in [3.63, 3.8) is 0 Å². The van der Waals surface area contributed by atoms with Gasteiger partial charge in [-0.2, -0.15) is 0 Å². The second-order valence-corrected chi connectivity index (χ2v) is 4.85. The molecule has 2 rings (SSSR count). The van der Waals surface area contributed by atoms with Crippen LogP contribution in [0.3, 0.4) is 0 Å². The summed E-state index contributed by atoms with van der Waals surface area (Å²) in [6, 6.07) is 3.92. The average Bonchev–Trinajstić information content (AvgIpc) is 2.41. The van der Waals surface area contributed by atoms with E-state index in [-0.39, 0.29) is 6.10 Å². The maximum Gasteiger partial charge on any atom is 0.143 e. The van der Waals surface area contributed by atoms with Crippen molar-refractivity contribution in [3.8, 4) is 5.75 Å². The van der Waals surface area contributed by atoms with E-state index in [1.165, 1.54) is 0 Å². The van der Waals surface area contributed by atoms with Gasteiger partial charge in [-0.3, -0.25) is 0 Å². The summed E-state index contributed by atoms with van der Waals surface area (Å²) in [6.07, 6.45) is 0.0828. The number of ether oxygens (including phenoxy) is 2. The molecule has 0 aromatic heterocycles. The molecule has 0 amide bonds. The molecule has 1 aliphatic heterocycles. The number of hydrogen-bond donors (Lipinski definition) is 1. The Morgan fingerprint density at radius 3 is 3.00 bits per heavy atom. The molecule has 1 heterocycles. The van der Waals surface area contributed by atoms with Gasteiger partial charge in [0.2, 0.25) is 0 Å². The van der Waals surface area contributed by atoms with Crippen molar-refractivity contribution in [1.29, 1.82) is 0 Å². The van der Waals surface area contributed by atoms with Crippen LogP contribution in [0.25, 0.3) is 0 Å². The first kappa shape index (κ1) is 13.5. The summed E-state index contributed by atoms with van der Waals surface area (Å²) in [5.74, 6) is 0.795. The third-order valence-corrected chi connectivity index (χ3v) is 3.61. The molecule has 4 nitrogen and oxygen atoms in total. The molecule has 18 heavy (non-hydrogen) atoms. The first-order valence-corrected chi connectivity index (χ1v) is 6.44.